The lowest BCUT2D eigenvalue weighted by Gasteiger charge is -2.28. The minimum Gasteiger partial charge on any atom is -0.454 e. The minimum atomic E-state index is -0.625. The molecule has 0 unspecified atom stereocenters. The van der Waals surface area contributed by atoms with Gasteiger partial charge < -0.3 is 15.4 Å². The summed E-state index contributed by atoms with van der Waals surface area (Å²) >= 11 is 0. The number of hydrogen-bond donors (Lipinski definition) is 2. The van der Waals surface area contributed by atoms with E-state index in [2.05, 4.69) is 10.6 Å². The number of fused-ring (bicyclic) bond motifs is 2. The van der Waals surface area contributed by atoms with Crippen LogP contribution in [-0.4, -0.2) is 37.0 Å². The van der Waals surface area contributed by atoms with Gasteiger partial charge in [0.25, 0.3) is 11.8 Å². The van der Waals surface area contributed by atoms with Gasteiger partial charge in [-0.25, -0.2) is 0 Å². The molecule has 6 heteroatoms. The summed E-state index contributed by atoms with van der Waals surface area (Å²) < 4.78 is 4.98. The molecule has 2 fully saturated rings. The van der Waals surface area contributed by atoms with Gasteiger partial charge in [0, 0.05) is 11.6 Å². The van der Waals surface area contributed by atoms with Crippen LogP contribution in [-0.2, 0) is 14.3 Å². The fraction of sp³-hybridized carbons (Fsp3) is 0.571. The number of hydrogen-bond acceptors (Lipinski definition) is 4. The summed E-state index contributed by atoms with van der Waals surface area (Å²) in [6, 6.07) is 7.24. The van der Waals surface area contributed by atoms with E-state index in [-0.39, 0.29) is 31.0 Å². The number of benzene rings is 1. The lowest BCUT2D eigenvalue weighted by Crippen LogP contribution is -2.42. The zero-order valence-corrected chi connectivity index (χ0v) is 16.0. The maximum absolute atomic E-state index is 12.1. The first-order valence-electron chi connectivity index (χ1n) is 9.73. The van der Waals surface area contributed by atoms with Crippen molar-refractivity contribution in [3.05, 3.63) is 35.4 Å². The summed E-state index contributed by atoms with van der Waals surface area (Å²) in [7, 11) is 0. The molecule has 0 saturated heterocycles. The smallest absolute Gasteiger partial charge is 0.325 e. The Kier molecular flexibility index (Phi) is 6.14. The van der Waals surface area contributed by atoms with E-state index < -0.39 is 5.97 Å². The average Bonchev–Trinajstić information content (AvgIpc) is 3.28. The van der Waals surface area contributed by atoms with Gasteiger partial charge in [-0.15, -0.1) is 0 Å². The van der Waals surface area contributed by atoms with Gasteiger partial charge in [0.1, 0.15) is 6.54 Å². The van der Waals surface area contributed by atoms with Crippen LogP contribution >= 0.6 is 0 Å². The number of amides is 2. The predicted molar refractivity (Wildman–Crippen MR) is 101 cm³/mol. The van der Waals surface area contributed by atoms with Crippen molar-refractivity contribution >= 4 is 17.8 Å². The summed E-state index contributed by atoms with van der Waals surface area (Å²) in [6.45, 7) is 3.29. The van der Waals surface area contributed by atoms with Crippen LogP contribution in [0.5, 0.6) is 0 Å². The van der Waals surface area contributed by atoms with E-state index in [9.17, 15) is 14.4 Å². The summed E-state index contributed by atoms with van der Waals surface area (Å²) in [6.07, 6.45) is 5.08. The summed E-state index contributed by atoms with van der Waals surface area (Å²) in [5.74, 6) is 0.846. The van der Waals surface area contributed by atoms with Crippen LogP contribution in [0.1, 0.15) is 48.5 Å². The largest absolute Gasteiger partial charge is 0.454 e. The number of nitrogens with one attached hydrogen (secondary N) is 2. The molecular weight excluding hydrogens is 344 g/mol. The monoisotopic (exact) mass is 372 g/mol. The van der Waals surface area contributed by atoms with Crippen LogP contribution in [0.2, 0.25) is 0 Å². The highest BCUT2D eigenvalue weighted by Crippen LogP contribution is 2.49. The molecule has 1 aromatic rings. The Balaban J connectivity index is 1.35. The maximum Gasteiger partial charge on any atom is 0.325 e. The molecule has 0 aromatic heterocycles. The molecule has 0 heterocycles. The second-order valence-corrected chi connectivity index (χ2v) is 7.85. The van der Waals surface area contributed by atoms with Crippen LogP contribution in [0.3, 0.4) is 0 Å². The molecule has 0 radical (unpaired) electrons. The third-order valence-electron chi connectivity index (χ3n) is 5.97. The normalized spacial score (nSPS) is 24.3. The number of ether oxygens (including phenoxy) is 1. The van der Waals surface area contributed by atoms with Crippen LogP contribution in [0.15, 0.2) is 24.3 Å². The van der Waals surface area contributed by atoms with E-state index >= 15 is 0 Å². The fourth-order valence-electron chi connectivity index (χ4n) is 4.58. The third kappa shape index (κ3) is 4.87. The van der Waals surface area contributed by atoms with E-state index in [1.54, 1.807) is 12.1 Å². The number of carbonyl (C=O) groups is 3. The van der Waals surface area contributed by atoms with Crippen LogP contribution < -0.4 is 10.6 Å². The van der Waals surface area contributed by atoms with Gasteiger partial charge in [-0.1, -0.05) is 24.6 Å². The van der Waals surface area contributed by atoms with Crippen LogP contribution in [0.25, 0.3) is 0 Å². The first kappa shape index (κ1) is 19.4. The average molecular weight is 372 g/mol. The quantitative estimate of drug-likeness (QED) is 0.719. The van der Waals surface area contributed by atoms with E-state index in [0.29, 0.717) is 11.5 Å². The lowest BCUT2D eigenvalue weighted by atomic mass is 9.84. The second-order valence-electron chi connectivity index (χ2n) is 7.85. The summed E-state index contributed by atoms with van der Waals surface area (Å²) in [4.78, 5) is 35.9. The molecule has 2 saturated carbocycles. The maximum atomic E-state index is 12.1. The molecule has 1 aromatic carbocycles. The van der Waals surface area contributed by atoms with Gasteiger partial charge in [0.05, 0.1) is 0 Å². The molecular formula is C21H28N2O4. The highest BCUT2D eigenvalue weighted by atomic mass is 16.5. The number of esters is 1. The van der Waals surface area contributed by atoms with Crippen molar-refractivity contribution in [3.63, 3.8) is 0 Å². The van der Waals surface area contributed by atoms with E-state index in [4.69, 9.17) is 4.74 Å². The molecule has 2 aliphatic carbocycles. The van der Waals surface area contributed by atoms with Gasteiger partial charge in [-0.2, -0.15) is 0 Å². The van der Waals surface area contributed by atoms with Crippen molar-refractivity contribution in [2.45, 2.75) is 45.6 Å². The summed E-state index contributed by atoms with van der Waals surface area (Å²) in [5, 5.41) is 5.48. The van der Waals surface area contributed by atoms with Crippen molar-refractivity contribution < 1.29 is 19.1 Å². The van der Waals surface area contributed by atoms with Crippen molar-refractivity contribution in [2.24, 2.45) is 17.8 Å². The molecule has 0 spiro atoms. The molecule has 2 aliphatic rings. The summed E-state index contributed by atoms with van der Waals surface area (Å²) in [5.41, 5.74) is 1.35. The third-order valence-corrected chi connectivity index (χ3v) is 5.97. The van der Waals surface area contributed by atoms with Crippen LogP contribution in [0, 0.1) is 24.7 Å². The first-order chi connectivity index (χ1) is 12.9. The number of aryl methyl sites for hydroxylation is 1. The first-order valence-corrected chi connectivity index (χ1v) is 9.73. The molecule has 146 valence electrons. The van der Waals surface area contributed by atoms with Gasteiger partial charge in [-0.3, -0.25) is 14.4 Å². The molecule has 2 bridgehead atoms. The molecule has 2 amide bonds. The lowest BCUT2D eigenvalue weighted by molar-refractivity contribution is -0.147. The second kappa shape index (κ2) is 8.55. The zero-order chi connectivity index (χ0) is 19.4. The highest BCUT2D eigenvalue weighted by molar-refractivity contribution is 5.97. The van der Waals surface area contributed by atoms with Crippen LogP contribution in [0.4, 0.5) is 0 Å². The van der Waals surface area contributed by atoms with E-state index in [1.807, 2.05) is 26.0 Å². The Hall–Kier alpha value is -2.37. The van der Waals surface area contributed by atoms with Crippen molar-refractivity contribution in [2.75, 3.05) is 13.2 Å². The number of carbonyl (C=O) groups excluding carboxylic acids is 3. The SMILES string of the molecule is Cc1ccccc1C(=O)NCC(=O)OCC(=O)N[C@@H](C)[C@H]1C[C@@H]2CC[C@@H]1C2. The highest BCUT2D eigenvalue weighted by Gasteiger charge is 2.42. The Bertz CT molecular complexity index is 718. The fourth-order valence-corrected chi connectivity index (χ4v) is 4.58. The van der Waals surface area contributed by atoms with Gasteiger partial charge in [-0.05, 0) is 62.5 Å². The molecule has 27 heavy (non-hydrogen) atoms. The van der Waals surface area contributed by atoms with Crippen molar-refractivity contribution in [3.8, 4) is 0 Å². The van der Waals surface area contributed by atoms with E-state index in [1.165, 1.54) is 25.7 Å². The standard InChI is InChI=1S/C21H28N2O4/c1-13-5-3-4-6-17(13)21(26)22-11-20(25)27-12-19(24)23-14(2)18-10-15-7-8-16(18)9-15/h3-6,14-16,18H,7-12H2,1-2H3,(H,22,26)(H,23,24)/t14-,15+,16+,18+/m0/s1. The molecule has 0 aliphatic heterocycles. The Morgan fingerprint density at radius 1 is 1.19 bits per heavy atom. The molecule has 3 rings (SSSR count). The number of rotatable bonds is 7. The van der Waals surface area contributed by atoms with Gasteiger partial charge in [0.15, 0.2) is 6.61 Å². The topological polar surface area (TPSA) is 84.5 Å². The van der Waals surface area contributed by atoms with E-state index in [0.717, 1.165) is 17.4 Å². The Morgan fingerprint density at radius 2 is 1.96 bits per heavy atom. The Morgan fingerprint density at radius 3 is 2.63 bits per heavy atom. The zero-order valence-electron chi connectivity index (χ0n) is 16.0. The Labute approximate surface area is 160 Å². The van der Waals surface area contributed by atoms with Gasteiger partial charge in [0.2, 0.25) is 0 Å². The minimum absolute atomic E-state index is 0.104. The van der Waals surface area contributed by atoms with Gasteiger partial charge >= 0.3 is 5.97 Å². The van der Waals surface area contributed by atoms with Crippen molar-refractivity contribution in [1.82, 2.24) is 10.6 Å². The molecule has 4 atom stereocenters. The molecule has 2 N–H and O–H groups in total. The van der Waals surface area contributed by atoms with Crippen molar-refractivity contribution in [1.29, 1.82) is 0 Å². The molecule has 6 nitrogen and oxygen atoms in total. The predicted octanol–water partition coefficient (Wildman–Crippen LogP) is 2.21.